The van der Waals surface area contributed by atoms with Crippen LogP contribution in [0.25, 0.3) is 0 Å². The van der Waals surface area contributed by atoms with Crippen LogP contribution in [0.15, 0.2) is 78.9 Å². The summed E-state index contributed by atoms with van der Waals surface area (Å²) in [6.07, 6.45) is 3.64. The van der Waals surface area contributed by atoms with Crippen molar-refractivity contribution in [3.63, 3.8) is 0 Å². The Hall–Kier alpha value is -5.47. The van der Waals surface area contributed by atoms with Crippen molar-refractivity contribution < 1.29 is 39.3 Å². The van der Waals surface area contributed by atoms with Crippen molar-refractivity contribution in [2.75, 3.05) is 6.54 Å². The molecule has 1 aliphatic carbocycles. The summed E-state index contributed by atoms with van der Waals surface area (Å²) in [5.41, 5.74) is 7.49. The van der Waals surface area contributed by atoms with Gasteiger partial charge in [-0.05, 0) is 60.9 Å². The number of hydrogen-bond donors (Lipinski definition) is 9. The van der Waals surface area contributed by atoms with E-state index in [4.69, 9.17) is 5.73 Å². The van der Waals surface area contributed by atoms with Crippen molar-refractivity contribution in [3.05, 3.63) is 95.6 Å². The molecule has 1 saturated carbocycles. The molecule has 3 aromatic rings. The molecule has 0 bridgehead atoms. The Morgan fingerprint density at radius 2 is 1.39 bits per heavy atom. The number of nitrogens with one attached hydrogen (secondary N) is 5. The number of phenols is 2. The van der Waals surface area contributed by atoms with E-state index in [1.165, 1.54) is 6.07 Å². The fraction of sp³-hybridized carbons (Fsp3) is 0.452. The lowest BCUT2D eigenvalue weighted by atomic mass is 9.84. The van der Waals surface area contributed by atoms with Crippen LogP contribution in [0.5, 0.6) is 11.5 Å². The Kier molecular flexibility index (Phi) is 16.2. The molecule has 6 atom stereocenters. The number of amides is 5. The van der Waals surface area contributed by atoms with Crippen LogP contribution < -0.4 is 32.3 Å². The fourth-order valence-corrected chi connectivity index (χ4v) is 6.84. The monoisotopic (exact) mass is 772 g/mol. The van der Waals surface area contributed by atoms with Gasteiger partial charge >= 0.3 is 0 Å². The first kappa shape index (κ1) is 43.3. The zero-order chi connectivity index (χ0) is 40.8. The quantitative estimate of drug-likeness (QED) is 0.0865. The lowest BCUT2D eigenvalue weighted by Crippen LogP contribution is -2.60. The van der Waals surface area contributed by atoms with Crippen LogP contribution in [0.2, 0.25) is 0 Å². The molecule has 0 aromatic heterocycles. The third-order valence-corrected chi connectivity index (χ3v) is 10.2. The standard InChI is InChI=1S/C42H56N6O8/c1-25(2)36(48-39(53)32(43)24-44-38(52)31-23-30(49)19-20-35(31)50)41(55)47-34(22-28-15-9-5-10-16-28)40(54)46-33(21-27-13-7-4-8-14-27)37(51)42(56)45-26(3)29-17-11-6-12-18-29/h4,6-8,11-14,17-20,23,25-26,28,32-34,36-37,49-51H,5,9-10,15-16,21-22,24,43H2,1-3H3,(H,44,52)(H,45,56)(H,46,54)(H,47,55)(H,48,53)/t26-,32+,33+,34+,36+,37-/m1/s1. The van der Waals surface area contributed by atoms with Crippen LogP contribution in [-0.4, -0.2) is 81.7 Å². The van der Waals surface area contributed by atoms with Crippen LogP contribution in [-0.2, 0) is 25.6 Å². The van der Waals surface area contributed by atoms with Crippen LogP contribution in [0, 0.1) is 11.8 Å². The van der Waals surface area contributed by atoms with Crippen molar-refractivity contribution in [2.45, 2.75) is 102 Å². The molecule has 10 N–H and O–H groups in total. The molecule has 14 heteroatoms. The number of benzene rings is 3. The van der Waals surface area contributed by atoms with E-state index in [0.29, 0.717) is 6.42 Å². The van der Waals surface area contributed by atoms with E-state index in [2.05, 4.69) is 26.6 Å². The molecule has 0 radical (unpaired) electrons. The minimum atomic E-state index is -1.63. The average Bonchev–Trinajstić information content (AvgIpc) is 3.19. The summed E-state index contributed by atoms with van der Waals surface area (Å²) in [5, 5.41) is 44.8. The number of aromatic hydroxyl groups is 2. The maximum Gasteiger partial charge on any atom is 0.255 e. The molecular formula is C42H56N6O8. The second-order valence-corrected chi connectivity index (χ2v) is 14.9. The highest BCUT2D eigenvalue weighted by molar-refractivity contribution is 5.98. The maximum absolute atomic E-state index is 14.2. The highest BCUT2D eigenvalue weighted by atomic mass is 16.3. The van der Waals surface area contributed by atoms with E-state index >= 15 is 0 Å². The fourth-order valence-electron chi connectivity index (χ4n) is 6.84. The minimum Gasteiger partial charge on any atom is -0.508 e. The average molecular weight is 773 g/mol. The summed E-state index contributed by atoms with van der Waals surface area (Å²) in [5.74, 6) is -4.28. The van der Waals surface area contributed by atoms with Gasteiger partial charge in [-0.2, -0.15) is 0 Å². The van der Waals surface area contributed by atoms with E-state index in [0.717, 1.165) is 55.4 Å². The molecular weight excluding hydrogens is 716 g/mol. The summed E-state index contributed by atoms with van der Waals surface area (Å²) < 4.78 is 0. The lowest BCUT2D eigenvalue weighted by molar-refractivity contribution is -0.135. The van der Waals surface area contributed by atoms with Gasteiger partial charge in [0.1, 0.15) is 29.6 Å². The Labute approximate surface area is 328 Å². The molecule has 3 aromatic carbocycles. The second kappa shape index (κ2) is 21.0. The summed E-state index contributed by atoms with van der Waals surface area (Å²) in [6.45, 7) is 4.90. The van der Waals surface area contributed by atoms with Crippen molar-refractivity contribution in [1.82, 2.24) is 26.6 Å². The molecule has 1 aliphatic rings. The van der Waals surface area contributed by atoms with Crippen LogP contribution in [0.3, 0.4) is 0 Å². The van der Waals surface area contributed by atoms with Crippen LogP contribution in [0.1, 0.15) is 86.8 Å². The number of hydrogen-bond acceptors (Lipinski definition) is 9. The maximum atomic E-state index is 14.2. The normalized spacial score (nSPS) is 16.3. The van der Waals surface area contributed by atoms with E-state index < -0.39 is 71.8 Å². The van der Waals surface area contributed by atoms with Crippen LogP contribution >= 0.6 is 0 Å². The van der Waals surface area contributed by atoms with Gasteiger partial charge in [-0.15, -0.1) is 0 Å². The van der Waals surface area contributed by atoms with Crippen molar-refractivity contribution in [1.29, 1.82) is 0 Å². The van der Waals surface area contributed by atoms with Gasteiger partial charge in [0.15, 0.2) is 6.10 Å². The van der Waals surface area contributed by atoms with Crippen LogP contribution in [0.4, 0.5) is 0 Å². The van der Waals surface area contributed by atoms with Gasteiger partial charge in [-0.3, -0.25) is 24.0 Å². The largest absolute Gasteiger partial charge is 0.508 e. The Morgan fingerprint density at radius 3 is 2.04 bits per heavy atom. The third kappa shape index (κ3) is 12.8. The van der Waals surface area contributed by atoms with Gasteiger partial charge in [-0.25, -0.2) is 0 Å². The summed E-state index contributed by atoms with van der Waals surface area (Å²) >= 11 is 0. The van der Waals surface area contributed by atoms with Gasteiger partial charge in [0.25, 0.3) is 11.8 Å². The van der Waals surface area contributed by atoms with Gasteiger partial charge in [0, 0.05) is 6.54 Å². The molecule has 0 spiro atoms. The van der Waals surface area contributed by atoms with E-state index in [1.807, 2.05) is 60.7 Å². The molecule has 302 valence electrons. The zero-order valence-electron chi connectivity index (χ0n) is 32.2. The first-order valence-electron chi connectivity index (χ1n) is 19.3. The zero-order valence-corrected chi connectivity index (χ0v) is 32.2. The predicted octanol–water partition coefficient (Wildman–Crippen LogP) is 2.72. The highest BCUT2D eigenvalue weighted by Gasteiger charge is 2.35. The van der Waals surface area contributed by atoms with Crippen molar-refractivity contribution >= 4 is 29.5 Å². The molecule has 4 rings (SSSR count). The number of aliphatic hydroxyl groups excluding tert-OH is 1. The summed E-state index contributed by atoms with van der Waals surface area (Å²) in [6, 6.07) is 17.0. The number of rotatable bonds is 18. The summed E-state index contributed by atoms with van der Waals surface area (Å²) in [7, 11) is 0. The van der Waals surface area contributed by atoms with E-state index in [1.54, 1.807) is 20.8 Å². The molecule has 0 saturated heterocycles. The molecule has 56 heavy (non-hydrogen) atoms. The number of phenolic OH excluding ortho intramolecular Hbond substituents is 2. The first-order valence-corrected chi connectivity index (χ1v) is 19.3. The Balaban J connectivity index is 1.48. The molecule has 0 unspecified atom stereocenters. The third-order valence-electron chi connectivity index (χ3n) is 10.2. The minimum absolute atomic E-state index is 0.134. The molecule has 5 amide bonds. The summed E-state index contributed by atoms with van der Waals surface area (Å²) in [4.78, 5) is 67.3. The number of aliphatic hydroxyl groups is 1. The topological polar surface area (TPSA) is 232 Å². The smallest absolute Gasteiger partial charge is 0.255 e. The van der Waals surface area contributed by atoms with Crippen molar-refractivity contribution in [2.24, 2.45) is 17.6 Å². The Morgan fingerprint density at radius 1 is 0.750 bits per heavy atom. The SMILES string of the molecule is CC(C)[C@H](NC(=O)[C@@H](N)CNC(=O)c1cc(O)ccc1O)C(=O)N[C@@H](CC1CCCCC1)C(=O)N[C@@H](Cc1ccccc1)[C@@H](O)C(=O)N[C@H](C)c1ccccc1. The number of carbonyl (C=O) groups excluding carboxylic acids is 5. The molecule has 0 heterocycles. The molecule has 14 nitrogen and oxygen atoms in total. The van der Waals surface area contributed by atoms with Crippen molar-refractivity contribution in [3.8, 4) is 11.5 Å². The Bertz CT molecular complexity index is 1770. The number of nitrogens with two attached hydrogens (primary N) is 1. The lowest BCUT2D eigenvalue weighted by Gasteiger charge is -2.31. The first-order chi connectivity index (χ1) is 26.7. The second-order valence-electron chi connectivity index (χ2n) is 14.9. The highest BCUT2D eigenvalue weighted by Crippen LogP contribution is 2.28. The molecule has 0 aliphatic heterocycles. The van der Waals surface area contributed by atoms with Gasteiger partial charge in [0.05, 0.1) is 17.6 Å². The van der Waals surface area contributed by atoms with Gasteiger partial charge in [0.2, 0.25) is 17.7 Å². The van der Waals surface area contributed by atoms with E-state index in [9.17, 15) is 39.3 Å². The predicted molar refractivity (Wildman–Crippen MR) is 211 cm³/mol. The van der Waals surface area contributed by atoms with E-state index in [-0.39, 0.29) is 35.9 Å². The van der Waals surface area contributed by atoms with Gasteiger partial charge < -0.3 is 47.6 Å². The number of carbonyl (C=O) groups is 5. The molecule has 1 fully saturated rings. The van der Waals surface area contributed by atoms with Gasteiger partial charge in [-0.1, -0.05) is 107 Å².